The van der Waals surface area contributed by atoms with Crippen LogP contribution in [0.2, 0.25) is 5.82 Å². The van der Waals surface area contributed by atoms with Crippen molar-refractivity contribution in [1.82, 2.24) is 0 Å². The van der Waals surface area contributed by atoms with Crippen molar-refractivity contribution in [1.29, 1.82) is 0 Å². The van der Waals surface area contributed by atoms with Crippen molar-refractivity contribution in [2.75, 3.05) is 19.5 Å². The Labute approximate surface area is 91.0 Å². The molecule has 0 spiro atoms. The Morgan fingerprint density at radius 3 is 2.08 bits per heavy atom. The zero-order chi connectivity index (χ0) is 10.3. The average Bonchev–Trinajstić information content (AvgIpc) is 2.07. The summed E-state index contributed by atoms with van der Waals surface area (Å²) in [5.74, 6) is 2.05. The number of rotatable bonds is 7. The summed E-state index contributed by atoms with van der Waals surface area (Å²) < 4.78 is 22.6. The van der Waals surface area contributed by atoms with E-state index in [0.29, 0.717) is 13.2 Å². The van der Waals surface area contributed by atoms with Gasteiger partial charge in [-0.05, 0) is 0 Å². The predicted molar refractivity (Wildman–Crippen MR) is 59.8 cm³/mol. The fourth-order valence-electron chi connectivity index (χ4n) is 0.873. The van der Waals surface area contributed by atoms with Gasteiger partial charge in [-0.1, -0.05) is 0 Å². The van der Waals surface area contributed by atoms with Gasteiger partial charge in [0.15, 0.2) is 0 Å². The van der Waals surface area contributed by atoms with Crippen molar-refractivity contribution in [2.24, 2.45) is 0 Å². The number of hydrogen-bond donors (Lipinski definition) is 0. The first-order chi connectivity index (χ1) is 6.14. The SMILES string of the molecule is CCOP(=O)(OCC)C(SC)[Se]C. The van der Waals surface area contributed by atoms with Crippen LogP contribution in [0, 0.1) is 0 Å². The first-order valence-electron chi connectivity index (χ1n) is 4.09. The normalized spacial score (nSPS) is 14.5. The van der Waals surface area contributed by atoms with Gasteiger partial charge in [-0.3, -0.25) is 0 Å². The van der Waals surface area contributed by atoms with Gasteiger partial charge in [0.05, 0.1) is 0 Å². The average molecular weight is 291 g/mol. The first-order valence-corrected chi connectivity index (χ1v) is 9.69. The predicted octanol–water partition coefficient (Wildman–Crippen LogP) is 2.65. The molecule has 0 saturated heterocycles. The van der Waals surface area contributed by atoms with Crippen LogP contribution in [-0.4, -0.2) is 38.3 Å². The van der Waals surface area contributed by atoms with Crippen molar-refractivity contribution in [3.05, 3.63) is 0 Å². The maximum atomic E-state index is 12.1. The number of hydrogen-bond acceptors (Lipinski definition) is 4. The van der Waals surface area contributed by atoms with Crippen LogP contribution >= 0.6 is 19.4 Å². The molecule has 0 amide bonds. The van der Waals surface area contributed by atoms with Crippen molar-refractivity contribution in [3.63, 3.8) is 0 Å². The van der Waals surface area contributed by atoms with Crippen molar-refractivity contribution in [3.8, 4) is 0 Å². The second-order valence-electron chi connectivity index (χ2n) is 2.15. The van der Waals surface area contributed by atoms with Gasteiger partial charge in [-0.15, -0.1) is 0 Å². The molecule has 3 nitrogen and oxygen atoms in total. The molecule has 0 saturated carbocycles. The van der Waals surface area contributed by atoms with Crippen molar-refractivity contribution < 1.29 is 13.6 Å². The molecule has 0 rings (SSSR count). The monoisotopic (exact) mass is 292 g/mol. The summed E-state index contributed by atoms with van der Waals surface area (Å²) in [5.41, 5.74) is 0. The summed E-state index contributed by atoms with van der Waals surface area (Å²) >= 11 is 1.85. The second kappa shape index (κ2) is 7.33. The van der Waals surface area contributed by atoms with E-state index in [4.69, 9.17) is 9.05 Å². The van der Waals surface area contributed by atoms with Crippen molar-refractivity contribution >= 4 is 34.3 Å². The minimum atomic E-state index is -2.84. The zero-order valence-electron chi connectivity index (χ0n) is 8.48. The topological polar surface area (TPSA) is 35.5 Å². The molecule has 0 N–H and O–H groups in total. The fourth-order valence-corrected chi connectivity index (χ4v) is 7.36. The Balaban J connectivity index is 4.44. The molecule has 0 radical (unpaired) electrons. The van der Waals surface area contributed by atoms with Gasteiger partial charge in [0.1, 0.15) is 0 Å². The first kappa shape index (κ1) is 14.0. The zero-order valence-corrected chi connectivity index (χ0v) is 11.9. The van der Waals surface area contributed by atoms with Gasteiger partial charge in [-0.25, -0.2) is 0 Å². The molecular weight excluding hydrogens is 274 g/mol. The van der Waals surface area contributed by atoms with E-state index in [1.807, 2.05) is 20.1 Å². The van der Waals surface area contributed by atoms with Gasteiger partial charge in [-0.2, -0.15) is 0 Å². The van der Waals surface area contributed by atoms with E-state index in [2.05, 4.69) is 5.82 Å². The van der Waals surface area contributed by atoms with Crippen molar-refractivity contribution in [2.45, 2.75) is 23.6 Å². The summed E-state index contributed by atoms with van der Waals surface area (Å²) in [4.78, 5) is 0. The van der Waals surface area contributed by atoms with Crippen LogP contribution in [0.15, 0.2) is 0 Å². The summed E-state index contributed by atoms with van der Waals surface area (Å²) in [5, 5.41) is 0. The summed E-state index contributed by atoms with van der Waals surface area (Å²) in [6, 6.07) is 0. The molecule has 0 aliphatic heterocycles. The molecular formula is C7H17O3PSSe. The van der Waals surface area contributed by atoms with E-state index >= 15 is 0 Å². The third kappa shape index (κ3) is 4.37. The molecule has 0 aromatic heterocycles. The molecule has 80 valence electrons. The Morgan fingerprint density at radius 1 is 1.38 bits per heavy atom. The molecule has 0 aromatic rings. The van der Waals surface area contributed by atoms with E-state index in [-0.39, 0.29) is 18.8 Å². The van der Waals surface area contributed by atoms with Gasteiger partial charge in [0.25, 0.3) is 0 Å². The van der Waals surface area contributed by atoms with Crippen LogP contribution < -0.4 is 0 Å². The van der Waals surface area contributed by atoms with Crippen LogP contribution in [0.4, 0.5) is 0 Å². The standard InChI is InChI=1S/C7H17O3PSSe/c1-5-9-11(8,10-6-2)7(12-3)13-4/h7H,5-6H2,1-4H3. The third-order valence-electron chi connectivity index (χ3n) is 1.28. The van der Waals surface area contributed by atoms with E-state index in [9.17, 15) is 4.57 Å². The fraction of sp³-hybridized carbons (Fsp3) is 1.00. The van der Waals surface area contributed by atoms with Gasteiger partial charge in [0.2, 0.25) is 0 Å². The Morgan fingerprint density at radius 2 is 1.85 bits per heavy atom. The molecule has 13 heavy (non-hydrogen) atoms. The van der Waals surface area contributed by atoms with E-state index in [1.54, 1.807) is 11.8 Å². The molecule has 6 heteroatoms. The molecule has 0 heterocycles. The molecule has 0 aromatic carbocycles. The molecule has 1 atom stereocenters. The summed E-state index contributed by atoms with van der Waals surface area (Å²) in [7, 11) is -2.84. The van der Waals surface area contributed by atoms with Crippen LogP contribution in [0.5, 0.6) is 0 Å². The summed E-state index contributed by atoms with van der Waals surface area (Å²) in [6.07, 6.45) is 1.95. The second-order valence-corrected chi connectivity index (χ2v) is 9.00. The quantitative estimate of drug-likeness (QED) is 0.533. The molecule has 0 bridgehead atoms. The third-order valence-corrected chi connectivity index (χ3v) is 10.6. The van der Waals surface area contributed by atoms with Gasteiger partial charge >= 0.3 is 91.0 Å². The van der Waals surface area contributed by atoms with E-state index in [1.165, 1.54) is 0 Å². The molecule has 0 aliphatic carbocycles. The maximum absolute atomic E-state index is 12.1. The Hall–Kier alpha value is 1.02. The van der Waals surface area contributed by atoms with Crippen LogP contribution in [-0.2, 0) is 13.6 Å². The number of thioether (sulfide) groups is 1. The van der Waals surface area contributed by atoms with Gasteiger partial charge in [0, 0.05) is 0 Å². The van der Waals surface area contributed by atoms with E-state index < -0.39 is 7.60 Å². The molecule has 0 aliphatic rings. The molecule has 1 unspecified atom stereocenters. The van der Waals surface area contributed by atoms with Crippen LogP contribution in [0.3, 0.4) is 0 Å². The minimum absolute atomic E-state index is 0.0277. The Kier molecular flexibility index (Phi) is 7.90. The summed E-state index contributed by atoms with van der Waals surface area (Å²) in [6.45, 7) is 4.58. The van der Waals surface area contributed by atoms with Crippen LogP contribution in [0.25, 0.3) is 0 Å². The Bertz CT molecular complexity index is 165. The van der Waals surface area contributed by atoms with Crippen LogP contribution in [0.1, 0.15) is 13.8 Å². The van der Waals surface area contributed by atoms with E-state index in [0.717, 1.165) is 0 Å². The molecule has 0 fully saturated rings. The van der Waals surface area contributed by atoms with Gasteiger partial charge < -0.3 is 0 Å².